The maximum absolute atomic E-state index is 12.1. The predicted molar refractivity (Wildman–Crippen MR) is 98.3 cm³/mol. The van der Waals surface area contributed by atoms with Crippen molar-refractivity contribution in [3.63, 3.8) is 0 Å². The number of ether oxygens (including phenoxy) is 4. The summed E-state index contributed by atoms with van der Waals surface area (Å²) in [5, 5.41) is 0. The van der Waals surface area contributed by atoms with Crippen LogP contribution in [-0.2, 0) is 33.3 Å². The van der Waals surface area contributed by atoms with Gasteiger partial charge in [0.1, 0.15) is 0 Å². The molecule has 1 fully saturated rings. The maximum Gasteiger partial charge on any atom is 0.333 e. The fraction of sp³-hybridized carbons (Fsp3) is 0.750. The zero-order valence-corrected chi connectivity index (χ0v) is 16.9. The lowest BCUT2D eigenvalue weighted by atomic mass is 9.59. The lowest BCUT2D eigenvalue weighted by molar-refractivity contribution is -0.165. The highest BCUT2D eigenvalue weighted by molar-refractivity contribution is 5.81. The first-order chi connectivity index (χ1) is 12.6. The Morgan fingerprint density at radius 1 is 1.04 bits per heavy atom. The van der Waals surface area contributed by atoms with Crippen LogP contribution in [0.5, 0.6) is 0 Å². The van der Waals surface area contributed by atoms with E-state index in [1.165, 1.54) is 7.11 Å². The molecular formula is C20H32O7. The van der Waals surface area contributed by atoms with Crippen LogP contribution in [0.2, 0.25) is 0 Å². The van der Waals surface area contributed by atoms with Gasteiger partial charge in [-0.3, -0.25) is 9.59 Å². The number of esters is 3. The van der Waals surface area contributed by atoms with Crippen LogP contribution in [0, 0.1) is 16.7 Å². The Balaban J connectivity index is 2.55. The molecule has 0 amide bonds. The molecule has 0 saturated heterocycles. The van der Waals surface area contributed by atoms with Gasteiger partial charge in [-0.1, -0.05) is 27.4 Å². The van der Waals surface area contributed by atoms with E-state index in [-0.39, 0.29) is 35.9 Å². The second-order valence-electron chi connectivity index (χ2n) is 8.35. The van der Waals surface area contributed by atoms with Crippen LogP contribution in [-0.4, -0.2) is 38.6 Å². The Bertz CT molecular complexity index is 540. The van der Waals surface area contributed by atoms with Crippen molar-refractivity contribution >= 4 is 17.9 Å². The first-order valence-electron chi connectivity index (χ1n) is 9.18. The summed E-state index contributed by atoms with van der Waals surface area (Å²) in [7, 11) is 1.47. The molecule has 0 N–H and O–H groups in total. The van der Waals surface area contributed by atoms with Crippen LogP contribution in [0.15, 0.2) is 12.7 Å². The Labute approximate surface area is 161 Å². The van der Waals surface area contributed by atoms with Crippen molar-refractivity contribution in [3.05, 3.63) is 12.7 Å². The topological polar surface area (TPSA) is 88.1 Å². The first kappa shape index (κ1) is 23.1. The van der Waals surface area contributed by atoms with E-state index < -0.39 is 18.7 Å². The Hall–Kier alpha value is -1.89. The lowest BCUT2D eigenvalue weighted by Gasteiger charge is -2.46. The average Bonchev–Trinajstić information content (AvgIpc) is 2.56. The van der Waals surface area contributed by atoms with Crippen molar-refractivity contribution in [2.24, 2.45) is 16.7 Å². The molecule has 0 heterocycles. The zero-order chi connectivity index (χ0) is 20.5. The Morgan fingerprint density at radius 2 is 1.70 bits per heavy atom. The third kappa shape index (κ3) is 9.04. The molecule has 0 bridgehead atoms. The summed E-state index contributed by atoms with van der Waals surface area (Å²) in [6, 6.07) is 0. The van der Waals surface area contributed by atoms with Crippen LogP contribution < -0.4 is 0 Å². The molecule has 7 heteroatoms. The zero-order valence-electron chi connectivity index (χ0n) is 16.9. The van der Waals surface area contributed by atoms with E-state index in [1.54, 1.807) is 0 Å². The van der Waals surface area contributed by atoms with Gasteiger partial charge in [0.2, 0.25) is 6.79 Å². The van der Waals surface area contributed by atoms with E-state index in [4.69, 9.17) is 14.2 Å². The van der Waals surface area contributed by atoms with Crippen molar-refractivity contribution in [1.82, 2.24) is 0 Å². The fourth-order valence-corrected chi connectivity index (χ4v) is 4.29. The molecule has 7 nitrogen and oxygen atoms in total. The second-order valence-corrected chi connectivity index (χ2v) is 8.35. The van der Waals surface area contributed by atoms with Gasteiger partial charge in [-0.15, -0.1) is 0 Å². The molecule has 1 aliphatic rings. The van der Waals surface area contributed by atoms with Crippen LogP contribution in [0.4, 0.5) is 0 Å². The number of rotatable bonds is 10. The normalized spacial score (nSPS) is 23.9. The summed E-state index contributed by atoms with van der Waals surface area (Å²) in [6.07, 6.45) is 5.00. The van der Waals surface area contributed by atoms with Crippen molar-refractivity contribution in [3.8, 4) is 0 Å². The molecule has 2 atom stereocenters. The highest BCUT2D eigenvalue weighted by Crippen LogP contribution is 2.51. The molecule has 1 rings (SSSR count). The molecule has 0 spiro atoms. The molecule has 0 aromatic heterocycles. The highest BCUT2D eigenvalue weighted by atomic mass is 16.7. The molecule has 0 aliphatic heterocycles. The standard InChI is InChI=1S/C20H32O7/c1-6-16(21)26-14-27-18(23)9-15-10-19(2,3)12-20(4,11-15)8-7-17(22)25-13-24-5/h6,15H,1,7-14H2,2-5H3. The van der Waals surface area contributed by atoms with Crippen LogP contribution in [0.25, 0.3) is 0 Å². The van der Waals surface area contributed by atoms with E-state index in [1.807, 2.05) is 0 Å². The summed E-state index contributed by atoms with van der Waals surface area (Å²) >= 11 is 0. The third-order valence-corrected chi connectivity index (χ3v) is 4.84. The smallest absolute Gasteiger partial charge is 0.333 e. The minimum absolute atomic E-state index is 0.0358. The number of carbonyl (C=O) groups excluding carboxylic acids is 3. The minimum atomic E-state index is -0.630. The Morgan fingerprint density at radius 3 is 2.33 bits per heavy atom. The third-order valence-electron chi connectivity index (χ3n) is 4.84. The van der Waals surface area contributed by atoms with Crippen molar-refractivity contribution < 1.29 is 33.3 Å². The fourth-order valence-electron chi connectivity index (χ4n) is 4.29. The average molecular weight is 384 g/mol. The van der Waals surface area contributed by atoms with E-state index in [0.29, 0.717) is 12.8 Å². The lowest BCUT2D eigenvalue weighted by Crippen LogP contribution is -2.37. The van der Waals surface area contributed by atoms with Crippen LogP contribution in [0.1, 0.15) is 59.3 Å². The second kappa shape index (κ2) is 10.4. The van der Waals surface area contributed by atoms with Gasteiger partial charge in [-0.05, 0) is 42.4 Å². The number of methoxy groups -OCH3 is 1. The van der Waals surface area contributed by atoms with Crippen LogP contribution >= 0.6 is 0 Å². The summed E-state index contributed by atoms with van der Waals surface area (Å²) < 4.78 is 19.4. The Kier molecular flexibility index (Phi) is 8.96. The number of hydrogen-bond acceptors (Lipinski definition) is 7. The van der Waals surface area contributed by atoms with Crippen molar-refractivity contribution in [2.45, 2.75) is 59.3 Å². The highest BCUT2D eigenvalue weighted by Gasteiger charge is 2.41. The molecule has 27 heavy (non-hydrogen) atoms. The summed E-state index contributed by atoms with van der Waals surface area (Å²) in [6.45, 7) is 9.35. The molecule has 1 saturated carbocycles. The summed E-state index contributed by atoms with van der Waals surface area (Å²) in [5.74, 6) is -1.15. The molecule has 0 radical (unpaired) electrons. The van der Waals surface area contributed by atoms with Gasteiger partial charge in [-0.25, -0.2) is 4.79 Å². The van der Waals surface area contributed by atoms with Crippen LogP contribution in [0.3, 0.4) is 0 Å². The van der Waals surface area contributed by atoms with Crippen molar-refractivity contribution in [1.29, 1.82) is 0 Å². The maximum atomic E-state index is 12.1. The van der Waals surface area contributed by atoms with E-state index in [2.05, 4.69) is 32.1 Å². The van der Waals surface area contributed by atoms with E-state index in [0.717, 1.165) is 25.3 Å². The molecule has 0 aromatic rings. The minimum Gasteiger partial charge on any atom is -0.438 e. The quantitative estimate of drug-likeness (QED) is 0.324. The monoisotopic (exact) mass is 384 g/mol. The van der Waals surface area contributed by atoms with Gasteiger partial charge in [0.15, 0.2) is 6.79 Å². The van der Waals surface area contributed by atoms with Gasteiger partial charge in [0.05, 0.1) is 0 Å². The summed E-state index contributed by atoms with van der Waals surface area (Å²) in [4.78, 5) is 34.8. The summed E-state index contributed by atoms with van der Waals surface area (Å²) in [5.41, 5.74) is -0.00220. The number of carbonyl (C=O) groups is 3. The van der Waals surface area contributed by atoms with Gasteiger partial charge in [-0.2, -0.15) is 0 Å². The SMILES string of the molecule is C=CC(=O)OCOC(=O)CC1CC(C)(C)CC(C)(CCC(=O)OCOC)C1. The van der Waals surface area contributed by atoms with Gasteiger partial charge in [0.25, 0.3) is 0 Å². The molecule has 0 aromatic carbocycles. The molecule has 154 valence electrons. The molecule has 2 unspecified atom stereocenters. The largest absolute Gasteiger partial charge is 0.438 e. The van der Waals surface area contributed by atoms with Gasteiger partial charge in [0, 0.05) is 26.0 Å². The molecule has 1 aliphatic carbocycles. The number of hydrogen-bond donors (Lipinski definition) is 0. The van der Waals surface area contributed by atoms with E-state index >= 15 is 0 Å². The predicted octanol–water partition coefficient (Wildman–Crippen LogP) is 3.37. The van der Waals surface area contributed by atoms with Gasteiger partial charge >= 0.3 is 17.9 Å². The van der Waals surface area contributed by atoms with E-state index in [9.17, 15) is 14.4 Å². The molecular weight excluding hydrogens is 352 g/mol. The van der Waals surface area contributed by atoms with Crippen molar-refractivity contribution in [2.75, 3.05) is 20.7 Å². The first-order valence-corrected chi connectivity index (χ1v) is 9.18. The van der Waals surface area contributed by atoms with Gasteiger partial charge < -0.3 is 18.9 Å².